The molecule has 0 aromatic rings. The van der Waals surface area contributed by atoms with Crippen LogP contribution in [0.1, 0.15) is 39.5 Å². The van der Waals surface area contributed by atoms with E-state index >= 15 is 0 Å². The summed E-state index contributed by atoms with van der Waals surface area (Å²) in [6.45, 7) is 8.25. The van der Waals surface area contributed by atoms with Gasteiger partial charge in [0.05, 0.1) is 19.1 Å². The fourth-order valence-corrected chi connectivity index (χ4v) is 3.36. The number of nitrogens with zero attached hydrogens (tertiary/aromatic N) is 2. The van der Waals surface area contributed by atoms with Gasteiger partial charge in [0.15, 0.2) is 0 Å². The summed E-state index contributed by atoms with van der Waals surface area (Å²) in [5.74, 6) is 0.649. The van der Waals surface area contributed by atoms with Crippen LogP contribution < -0.4 is 0 Å². The Labute approximate surface area is 127 Å². The molecule has 2 aliphatic rings. The Balaban J connectivity index is 1.81. The Hall–Kier alpha value is -1.10. The third kappa shape index (κ3) is 4.70. The first kappa shape index (κ1) is 16.3. The van der Waals surface area contributed by atoms with E-state index in [2.05, 4.69) is 11.8 Å². The highest BCUT2D eigenvalue weighted by Gasteiger charge is 2.29. The number of piperidine rings is 2. The number of amides is 1. The average molecular weight is 296 g/mol. The van der Waals surface area contributed by atoms with Gasteiger partial charge in [0.1, 0.15) is 0 Å². The van der Waals surface area contributed by atoms with E-state index in [1.807, 2.05) is 11.8 Å². The number of carbonyl (C=O) groups excluding carboxylic acids is 2. The van der Waals surface area contributed by atoms with Crippen molar-refractivity contribution in [2.75, 3.05) is 39.3 Å². The molecule has 2 heterocycles. The van der Waals surface area contributed by atoms with Crippen LogP contribution in [0.2, 0.25) is 0 Å². The second kappa shape index (κ2) is 7.78. The van der Waals surface area contributed by atoms with E-state index in [-0.39, 0.29) is 17.8 Å². The maximum atomic E-state index is 12.4. The van der Waals surface area contributed by atoms with E-state index in [4.69, 9.17) is 4.74 Å². The highest BCUT2D eigenvalue weighted by Crippen LogP contribution is 2.19. The normalized spacial score (nSPS) is 27.4. The van der Waals surface area contributed by atoms with Gasteiger partial charge in [-0.2, -0.15) is 0 Å². The molecule has 1 amide bonds. The molecule has 5 heteroatoms. The van der Waals surface area contributed by atoms with Gasteiger partial charge in [-0.05, 0) is 45.1 Å². The minimum absolute atomic E-state index is 0.0632. The summed E-state index contributed by atoms with van der Waals surface area (Å²) >= 11 is 0. The van der Waals surface area contributed by atoms with Gasteiger partial charge in [-0.15, -0.1) is 0 Å². The maximum Gasteiger partial charge on any atom is 0.310 e. The second-order valence-corrected chi connectivity index (χ2v) is 6.41. The van der Waals surface area contributed by atoms with Crippen molar-refractivity contribution in [1.29, 1.82) is 0 Å². The predicted octanol–water partition coefficient (Wildman–Crippen LogP) is 1.52. The van der Waals surface area contributed by atoms with Crippen molar-refractivity contribution >= 4 is 11.9 Å². The number of ether oxygens (including phenoxy) is 1. The minimum Gasteiger partial charge on any atom is -0.466 e. The monoisotopic (exact) mass is 296 g/mol. The molecule has 2 rings (SSSR count). The first-order valence-electron chi connectivity index (χ1n) is 8.27. The fraction of sp³-hybridized carbons (Fsp3) is 0.875. The van der Waals surface area contributed by atoms with Crippen molar-refractivity contribution in [3.8, 4) is 0 Å². The summed E-state index contributed by atoms with van der Waals surface area (Å²) < 4.78 is 5.10. The number of hydrogen-bond donors (Lipinski definition) is 0. The van der Waals surface area contributed by atoms with Gasteiger partial charge in [-0.1, -0.05) is 6.92 Å². The van der Waals surface area contributed by atoms with Crippen molar-refractivity contribution in [2.24, 2.45) is 11.8 Å². The lowest BCUT2D eigenvalue weighted by Crippen LogP contribution is -2.48. The Morgan fingerprint density at radius 2 is 1.90 bits per heavy atom. The largest absolute Gasteiger partial charge is 0.466 e. The zero-order valence-corrected chi connectivity index (χ0v) is 13.3. The van der Waals surface area contributed by atoms with E-state index in [0.717, 1.165) is 38.9 Å². The first-order chi connectivity index (χ1) is 10.1. The van der Waals surface area contributed by atoms with E-state index in [1.165, 1.54) is 6.42 Å². The predicted molar refractivity (Wildman–Crippen MR) is 80.8 cm³/mol. The minimum atomic E-state index is -0.110. The average Bonchev–Trinajstić information content (AvgIpc) is 2.48. The standard InChI is InChI=1S/C16H28N2O3/c1-3-21-16(20)14-7-5-8-17(11-14)12-15(19)18-9-4-6-13(2)10-18/h13-14H,3-12H2,1-2H3. The molecule has 0 aromatic carbocycles. The fourth-order valence-electron chi connectivity index (χ4n) is 3.36. The molecule has 2 aliphatic heterocycles. The molecule has 2 atom stereocenters. The summed E-state index contributed by atoms with van der Waals surface area (Å²) in [5, 5.41) is 0. The number of likely N-dealkylation sites (tertiary alicyclic amines) is 2. The summed E-state index contributed by atoms with van der Waals surface area (Å²) in [5.41, 5.74) is 0. The van der Waals surface area contributed by atoms with E-state index in [1.54, 1.807) is 0 Å². The van der Waals surface area contributed by atoms with Gasteiger partial charge >= 0.3 is 5.97 Å². The van der Waals surface area contributed by atoms with Crippen LogP contribution in [0.25, 0.3) is 0 Å². The Morgan fingerprint density at radius 3 is 2.62 bits per heavy atom. The van der Waals surface area contributed by atoms with Crippen LogP contribution in [0, 0.1) is 11.8 Å². The molecule has 5 nitrogen and oxygen atoms in total. The van der Waals surface area contributed by atoms with Gasteiger partial charge in [0.2, 0.25) is 5.91 Å². The third-order valence-electron chi connectivity index (χ3n) is 4.49. The van der Waals surface area contributed by atoms with Crippen LogP contribution in [-0.2, 0) is 14.3 Å². The molecule has 2 unspecified atom stereocenters. The molecule has 120 valence electrons. The zero-order valence-electron chi connectivity index (χ0n) is 13.3. The lowest BCUT2D eigenvalue weighted by molar-refractivity contribution is -0.150. The molecular formula is C16H28N2O3. The molecular weight excluding hydrogens is 268 g/mol. The molecule has 0 bridgehead atoms. The SMILES string of the molecule is CCOC(=O)C1CCCN(CC(=O)N2CCCC(C)C2)C1. The second-order valence-electron chi connectivity index (χ2n) is 6.41. The van der Waals surface area contributed by atoms with Gasteiger partial charge in [-0.25, -0.2) is 0 Å². The third-order valence-corrected chi connectivity index (χ3v) is 4.49. The van der Waals surface area contributed by atoms with E-state index in [9.17, 15) is 9.59 Å². The molecule has 0 saturated carbocycles. The summed E-state index contributed by atoms with van der Waals surface area (Å²) in [6.07, 6.45) is 4.17. The topological polar surface area (TPSA) is 49.9 Å². The number of carbonyl (C=O) groups is 2. The first-order valence-corrected chi connectivity index (χ1v) is 8.27. The number of hydrogen-bond acceptors (Lipinski definition) is 4. The van der Waals surface area contributed by atoms with Crippen LogP contribution in [-0.4, -0.2) is 61.0 Å². The van der Waals surface area contributed by atoms with Gasteiger partial charge < -0.3 is 9.64 Å². The summed E-state index contributed by atoms with van der Waals surface area (Å²) in [7, 11) is 0. The summed E-state index contributed by atoms with van der Waals surface area (Å²) in [6, 6.07) is 0. The zero-order chi connectivity index (χ0) is 15.2. The Bertz CT molecular complexity index is 373. The van der Waals surface area contributed by atoms with Crippen LogP contribution in [0.4, 0.5) is 0 Å². The smallest absolute Gasteiger partial charge is 0.310 e. The molecule has 21 heavy (non-hydrogen) atoms. The van der Waals surface area contributed by atoms with Gasteiger partial charge in [0.25, 0.3) is 0 Å². The quantitative estimate of drug-likeness (QED) is 0.738. The number of rotatable bonds is 4. The van der Waals surface area contributed by atoms with Crippen LogP contribution in [0.5, 0.6) is 0 Å². The van der Waals surface area contributed by atoms with Crippen molar-refractivity contribution in [2.45, 2.75) is 39.5 Å². The number of esters is 1. The van der Waals surface area contributed by atoms with Crippen LogP contribution >= 0.6 is 0 Å². The van der Waals surface area contributed by atoms with Gasteiger partial charge in [0, 0.05) is 19.6 Å². The van der Waals surface area contributed by atoms with Crippen molar-refractivity contribution in [3.63, 3.8) is 0 Å². The van der Waals surface area contributed by atoms with Crippen molar-refractivity contribution < 1.29 is 14.3 Å². The van der Waals surface area contributed by atoms with E-state index in [0.29, 0.717) is 25.6 Å². The van der Waals surface area contributed by atoms with E-state index < -0.39 is 0 Å². The molecule has 2 fully saturated rings. The van der Waals surface area contributed by atoms with Crippen molar-refractivity contribution in [1.82, 2.24) is 9.80 Å². The Kier molecular flexibility index (Phi) is 6.03. The highest BCUT2D eigenvalue weighted by atomic mass is 16.5. The van der Waals surface area contributed by atoms with Crippen molar-refractivity contribution in [3.05, 3.63) is 0 Å². The Morgan fingerprint density at radius 1 is 1.14 bits per heavy atom. The summed E-state index contributed by atoms with van der Waals surface area (Å²) in [4.78, 5) is 28.3. The molecule has 2 saturated heterocycles. The highest BCUT2D eigenvalue weighted by molar-refractivity contribution is 5.78. The molecule has 0 aromatic heterocycles. The maximum absolute atomic E-state index is 12.4. The molecule has 0 N–H and O–H groups in total. The lowest BCUT2D eigenvalue weighted by Gasteiger charge is -2.35. The lowest BCUT2D eigenvalue weighted by atomic mass is 9.98. The van der Waals surface area contributed by atoms with Crippen LogP contribution in [0.3, 0.4) is 0 Å². The van der Waals surface area contributed by atoms with Crippen LogP contribution in [0.15, 0.2) is 0 Å². The van der Waals surface area contributed by atoms with Gasteiger partial charge in [-0.3, -0.25) is 14.5 Å². The molecule has 0 spiro atoms. The molecule has 0 aliphatic carbocycles. The molecule has 0 radical (unpaired) electrons.